The molecule has 156 valence electrons. The first-order valence-corrected chi connectivity index (χ1v) is 12.6. The number of aromatic nitrogens is 1. The third kappa shape index (κ3) is 2.83. The number of para-hydroxylation sites is 1. The molecule has 2 aromatic heterocycles. The molecule has 0 bridgehead atoms. The molecular formula is C30H18BrNS. The molecule has 1 nitrogen and oxygen atoms in total. The predicted octanol–water partition coefficient (Wildman–Crippen LogP) is 9.58. The van der Waals surface area contributed by atoms with Crippen molar-refractivity contribution < 1.29 is 0 Å². The lowest BCUT2D eigenvalue weighted by Gasteiger charge is -2.11. The first kappa shape index (κ1) is 19.1. The van der Waals surface area contributed by atoms with Gasteiger partial charge in [0.25, 0.3) is 0 Å². The van der Waals surface area contributed by atoms with Crippen LogP contribution in [0, 0.1) is 0 Å². The second-order valence-electron chi connectivity index (χ2n) is 8.32. The Balaban J connectivity index is 1.68. The summed E-state index contributed by atoms with van der Waals surface area (Å²) in [5, 5.41) is 5.18. The molecule has 0 fully saturated rings. The molecule has 0 aliphatic heterocycles. The van der Waals surface area contributed by atoms with E-state index in [9.17, 15) is 0 Å². The summed E-state index contributed by atoms with van der Waals surface area (Å²) in [5.41, 5.74) is 6.12. The summed E-state index contributed by atoms with van der Waals surface area (Å²) in [5.74, 6) is 0. The molecule has 0 atom stereocenters. The Morgan fingerprint density at radius 1 is 0.576 bits per heavy atom. The molecule has 0 amide bonds. The monoisotopic (exact) mass is 503 g/mol. The highest BCUT2D eigenvalue weighted by molar-refractivity contribution is 9.10. The molecule has 5 aromatic carbocycles. The number of rotatable bonds is 2. The van der Waals surface area contributed by atoms with E-state index in [0.29, 0.717) is 0 Å². The van der Waals surface area contributed by atoms with Gasteiger partial charge in [-0.3, -0.25) is 0 Å². The van der Waals surface area contributed by atoms with Gasteiger partial charge >= 0.3 is 0 Å². The van der Waals surface area contributed by atoms with Gasteiger partial charge < -0.3 is 4.57 Å². The highest BCUT2D eigenvalue weighted by Crippen LogP contribution is 2.46. The Bertz CT molecular complexity index is 1830. The predicted molar refractivity (Wildman–Crippen MR) is 147 cm³/mol. The molecule has 0 unspecified atom stereocenters. The third-order valence-electron chi connectivity index (χ3n) is 6.44. The molecule has 7 rings (SSSR count). The van der Waals surface area contributed by atoms with E-state index in [2.05, 4.69) is 130 Å². The normalized spacial score (nSPS) is 11.8. The van der Waals surface area contributed by atoms with Gasteiger partial charge in [0.15, 0.2) is 0 Å². The number of nitrogens with zero attached hydrogens (tertiary/aromatic N) is 1. The second kappa shape index (κ2) is 7.31. The topological polar surface area (TPSA) is 4.93 Å². The molecule has 7 aromatic rings. The lowest BCUT2D eigenvalue weighted by molar-refractivity contribution is 1.19. The molecule has 0 aliphatic rings. The van der Waals surface area contributed by atoms with E-state index in [1.165, 1.54) is 58.8 Å². The maximum Gasteiger partial charge on any atom is 0.0645 e. The van der Waals surface area contributed by atoms with Gasteiger partial charge in [-0.15, -0.1) is 11.3 Å². The molecule has 0 N–H and O–H groups in total. The summed E-state index contributed by atoms with van der Waals surface area (Å²) >= 11 is 5.79. The summed E-state index contributed by atoms with van der Waals surface area (Å²) in [6.07, 6.45) is 0. The van der Waals surface area contributed by atoms with Crippen LogP contribution in [0.2, 0.25) is 0 Å². The van der Waals surface area contributed by atoms with Gasteiger partial charge in [-0.25, -0.2) is 0 Å². The molecular weight excluding hydrogens is 486 g/mol. The number of benzene rings is 5. The van der Waals surface area contributed by atoms with Crippen molar-refractivity contribution in [3.63, 3.8) is 0 Å². The van der Waals surface area contributed by atoms with Gasteiger partial charge in [0.1, 0.15) is 0 Å². The average molecular weight is 504 g/mol. The minimum Gasteiger partial charge on any atom is -0.309 e. The van der Waals surface area contributed by atoms with Crippen molar-refractivity contribution in [3.05, 3.63) is 114 Å². The molecule has 0 radical (unpaired) electrons. The Morgan fingerprint density at radius 2 is 1.30 bits per heavy atom. The van der Waals surface area contributed by atoms with Crippen LogP contribution >= 0.6 is 27.3 Å². The molecule has 33 heavy (non-hydrogen) atoms. The van der Waals surface area contributed by atoms with Crippen molar-refractivity contribution in [2.24, 2.45) is 0 Å². The minimum atomic E-state index is 1.14. The molecule has 3 heteroatoms. The SMILES string of the molecule is Brc1cc2sc3ccccc3c2c2c1c1ccccc1n2-c1cccc(-c2ccccc2)c1. The van der Waals surface area contributed by atoms with Crippen LogP contribution in [0.15, 0.2) is 114 Å². The summed E-state index contributed by atoms with van der Waals surface area (Å²) < 4.78 is 6.22. The molecule has 0 saturated heterocycles. The molecule has 2 heterocycles. The van der Waals surface area contributed by atoms with Crippen molar-refractivity contribution in [2.75, 3.05) is 0 Å². The van der Waals surface area contributed by atoms with Gasteiger partial charge in [-0.1, -0.05) is 94.8 Å². The van der Waals surface area contributed by atoms with Gasteiger partial charge in [-0.2, -0.15) is 0 Å². The zero-order valence-corrected chi connectivity index (χ0v) is 20.0. The summed E-state index contributed by atoms with van der Waals surface area (Å²) in [6, 6.07) is 39.3. The van der Waals surface area contributed by atoms with Gasteiger partial charge in [0.2, 0.25) is 0 Å². The van der Waals surface area contributed by atoms with Crippen molar-refractivity contribution in [1.29, 1.82) is 0 Å². The van der Waals surface area contributed by atoms with Crippen LogP contribution in [-0.4, -0.2) is 4.57 Å². The van der Waals surface area contributed by atoms with Crippen LogP contribution < -0.4 is 0 Å². The van der Waals surface area contributed by atoms with E-state index in [1.54, 1.807) is 0 Å². The van der Waals surface area contributed by atoms with Crippen LogP contribution in [0.3, 0.4) is 0 Å². The fourth-order valence-corrected chi connectivity index (χ4v) is 6.97. The van der Waals surface area contributed by atoms with Crippen LogP contribution in [0.4, 0.5) is 0 Å². The van der Waals surface area contributed by atoms with E-state index in [-0.39, 0.29) is 0 Å². The van der Waals surface area contributed by atoms with Crippen LogP contribution in [0.25, 0.3) is 58.8 Å². The number of hydrogen-bond donors (Lipinski definition) is 0. The van der Waals surface area contributed by atoms with E-state index in [4.69, 9.17) is 0 Å². The summed E-state index contributed by atoms with van der Waals surface area (Å²) in [6.45, 7) is 0. The number of thiophene rings is 1. The van der Waals surface area contributed by atoms with E-state index < -0.39 is 0 Å². The largest absolute Gasteiger partial charge is 0.309 e. The Labute approximate surface area is 203 Å². The van der Waals surface area contributed by atoms with Crippen LogP contribution in [0.5, 0.6) is 0 Å². The Kier molecular flexibility index (Phi) is 4.23. The first-order valence-electron chi connectivity index (χ1n) is 11.0. The van der Waals surface area contributed by atoms with E-state index in [1.807, 2.05) is 11.3 Å². The number of halogens is 1. The summed E-state index contributed by atoms with van der Waals surface area (Å²) in [4.78, 5) is 0. The summed E-state index contributed by atoms with van der Waals surface area (Å²) in [7, 11) is 0. The lowest BCUT2D eigenvalue weighted by atomic mass is 10.0. The molecule has 0 aliphatic carbocycles. The van der Waals surface area contributed by atoms with Crippen LogP contribution in [0.1, 0.15) is 0 Å². The standard InChI is InChI=1S/C30H18BrNS/c31-24-18-27-29(23-14-5-7-16-26(23)33-27)30-28(24)22-13-4-6-15-25(22)32(30)21-12-8-11-20(17-21)19-9-2-1-3-10-19/h1-18H. The first-order chi connectivity index (χ1) is 16.3. The van der Waals surface area contributed by atoms with Crippen molar-refractivity contribution in [3.8, 4) is 16.8 Å². The minimum absolute atomic E-state index is 1.14. The van der Waals surface area contributed by atoms with Gasteiger partial charge in [-0.05, 0) is 41.5 Å². The number of hydrogen-bond acceptors (Lipinski definition) is 1. The molecule has 0 saturated carbocycles. The fourth-order valence-electron chi connectivity index (χ4n) is 5.04. The van der Waals surface area contributed by atoms with Gasteiger partial charge in [0, 0.05) is 41.1 Å². The Hall–Kier alpha value is -3.40. The maximum atomic E-state index is 3.93. The quantitative estimate of drug-likeness (QED) is 0.221. The van der Waals surface area contributed by atoms with Crippen molar-refractivity contribution in [1.82, 2.24) is 4.57 Å². The molecule has 0 spiro atoms. The zero-order valence-electron chi connectivity index (χ0n) is 17.6. The Morgan fingerprint density at radius 3 is 2.18 bits per heavy atom. The fraction of sp³-hybridized carbons (Fsp3) is 0. The van der Waals surface area contributed by atoms with Gasteiger partial charge in [0.05, 0.1) is 11.0 Å². The van der Waals surface area contributed by atoms with Crippen molar-refractivity contribution in [2.45, 2.75) is 0 Å². The number of fused-ring (bicyclic) bond motifs is 7. The maximum absolute atomic E-state index is 3.93. The lowest BCUT2D eigenvalue weighted by Crippen LogP contribution is -1.95. The third-order valence-corrected chi connectivity index (χ3v) is 8.19. The zero-order chi connectivity index (χ0) is 21.9. The van der Waals surface area contributed by atoms with Crippen LogP contribution in [-0.2, 0) is 0 Å². The highest BCUT2D eigenvalue weighted by atomic mass is 79.9. The van der Waals surface area contributed by atoms with Crippen molar-refractivity contribution >= 4 is 69.2 Å². The highest BCUT2D eigenvalue weighted by Gasteiger charge is 2.20. The van der Waals surface area contributed by atoms with E-state index >= 15 is 0 Å². The second-order valence-corrected chi connectivity index (χ2v) is 10.3. The van der Waals surface area contributed by atoms with E-state index in [0.717, 1.165) is 4.47 Å². The average Bonchev–Trinajstić information content (AvgIpc) is 3.40. The smallest absolute Gasteiger partial charge is 0.0645 e.